The Morgan fingerprint density at radius 1 is 1.17 bits per heavy atom. The van der Waals surface area contributed by atoms with Crippen molar-refractivity contribution in [2.75, 3.05) is 44.2 Å². The second kappa shape index (κ2) is 6.89. The van der Waals surface area contributed by atoms with Crippen LogP contribution in [0.3, 0.4) is 0 Å². The highest BCUT2D eigenvalue weighted by Crippen LogP contribution is 2.27. The van der Waals surface area contributed by atoms with Crippen LogP contribution in [0.15, 0.2) is 35.8 Å². The van der Waals surface area contributed by atoms with Gasteiger partial charge >= 0.3 is 0 Å². The van der Waals surface area contributed by atoms with Gasteiger partial charge in [-0.3, -0.25) is 4.90 Å². The number of para-hydroxylation sites is 1. The van der Waals surface area contributed by atoms with Gasteiger partial charge in [-0.05, 0) is 30.4 Å². The molecule has 0 amide bonds. The van der Waals surface area contributed by atoms with Gasteiger partial charge in [-0.15, -0.1) is 11.3 Å². The van der Waals surface area contributed by atoms with Crippen molar-refractivity contribution in [1.29, 1.82) is 0 Å². The Morgan fingerprint density at radius 3 is 2.87 bits per heavy atom. The molecule has 2 aromatic rings. The largest absolute Gasteiger partial charge is 0.493 e. The molecule has 0 radical (unpaired) electrons. The van der Waals surface area contributed by atoms with Crippen LogP contribution in [0, 0.1) is 5.92 Å². The minimum Gasteiger partial charge on any atom is -0.493 e. The summed E-state index contributed by atoms with van der Waals surface area (Å²) < 4.78 is 5.90. The normalized spacial score (nSPS) is 22.3. The molecule has 0 saturated carbocycles. The predicted molar refractivity (Wildman–Crippen MR) is 94.5 cm³/mol. The summed E-state index contributed by atoms with van der Waals surface area (Å²) in [4.78, 5) is 9.45. The molecule has 2 aliphatic rings. The van der Waals surface area contributed by atoms with Crippen molar-refractivity contribution in [2.24, 2.45) is 5.92 Å². The van der Waals surface area contributed by atoms with Gasteiger partial charge in [0.25, 0.3) is 0 Å². The molecule has 0 spiro atoms. The fourth-order valence-corrected chi connectivity index (χ4v) is 4.27. The standard InChI is InChI=1S/C18H23N3OS/c1-2-4-17-16(3-1)13-15(5-11-22-17)14-20-7-9-21(10-8-20)18-19-6-12-23-18/h1-4,6,12,15H,5,7-11,13-14H2. The Labute approximate surface area is 141 Å². The highest BCUT2D eigenvalue weighted by atomic mass is 32.1. The highest BCUT2D eigenvalue weighted by molar-refractivity contribution is 7.13. The second-order valence-electron chi connectivity index (χ2n) is 6.42. The monoisotopic (exact) mass is 329 g/mol. The van der Waals surface area contributed by atoms with E-state index in [1.807, 2.05) is 6.20 Å². The van der Waals surface area contributed by atoms with E-state index in [0.717, 1.165) is 51.4 Å². The number of anilines is 1. The van der Waals surface area contributed by atoms with Gasteiger partial charge in [0.15, 0.2) is 5.13 Å². The molecule has 2 aliphatic heterocycles. The quantitative estimate of drug-likeness (QED) is 0.866. The van der Waals surface area contributed by atoms with Crippen LogP contribution in [0.25, 0.3) is 0 Å². The van der Waals surface area contributed by atoms with Crippen LogP contribution >= 0.6 is 11.3 Å². The van der Waals surface area contributed by atoms with Crippen LogP contribution in [-0.4, -0.2) is 49.2 Å². The average molecular weight is 329 g/mol. The molecule has 0 N–H and O–H groups in total. The lowest BCUT2D eigenvalue weighted by molar-refractivity contribution is 0.201. The van der Waals surface area contributed by atoms with E-state index in [1.54, 1.807) is 11.3 Å². The topological polar surface area (TPSA) is 28.6 Å². The van der Waals surface area contributed by atoms with Crippen LogP contribution < -0.4 is 9.64 Å². The van der Waals surface area contributed by atoms with Crippen molar-refractivity contribution in [3.8, 4) is 5.75 Å². The summed E-state index contributed by atoms with van der Waals surface area (Å²) in [5, 5.41) is 3.23. The molecule has 1 saturated heterocycles. The lowest BCUT2D eigenvalue weighted by Crippen LogP contribution is -2.48. The van der Waals surface area contributed by atoms with Gasteiger partial charge in [-0.25, -0.2) is 4.98 Å². The third kappa shape index (κ3) is 3.51. The maximum atomic E-state index is 5.90. The summed E-state index contributed by atoms with van der Waals surface area (Å²) >= 11 is 1.74. The van der Waals surface area contributed by atoms with Gasteiger partial charge in [0.1, 0.15) is 5.75 Å². The molecule has 1 atom stereocenters. The third-order valence-corrected chi connectivity index (χ3v) is 5.68. The molecule has 0 bridgehead atoms. The fourth-order valence-electron chi connectivity index (χ4n) is 3.58. The number of aromatic nitrogens is 1. The van der Waals surface area contributed by atoms with Gasteiger partial charge in [0, 0.05) is 44.3 Å². The average Bonchev–Trinajstić information content (AvgIpc) is 3.04. The third-order valence-electron chi connectivity index (χ3n) is 4.84. The van der Waals surface area contributed by atoms with E-state index in [-0.39, 0.29) is 0 Å². The van der Waals surface area contributed by atoms with E-state index in [2.05, 4.69) is 44.4 Å². The molecule has 1 aromatic heterocycles. The number of nitrogens with zero attached hydrogens (tertiary/aromatic N) is 3. The smallest absolute Gasteiger partial charge is 0.185 e. The van der Waals surface area contributed by atoms with Crippen molar-refractivity contribution >= 4 is 16.5 Å². The second-order valence-corrected chi connectivity index (χ2v) is 7.29. The number of thiazole rings is 1. The molecule has 122 valence electrons. The number of hydrogen-bond donors (Lipinski definition) is 0. The number of piperazine rings is 1. The van der Waals surface area contributed by atoms with Crippen LogP contribution in [0.4, 0.5) is 5.13 Å². The molecular weight excluding hydrogens is 306 g/mol. The van der Waals surface area contributed by atoms with Gasteiger partial charge in [-0.2, -0.15) is 0 Å². The maximum Gasteiger partial charge on any atom is 0.185 e. The van der Waals surface area contributed by atoms with Gasteiger partial charge < -0.3 is 9.64 Å². The first-order valence-corrected chi connectivity index (χ1v) is 9.34. The Morgan fingerprint density at radius 2 is 2.04 bits per heavy atom. The van der Waals surface area contributed by atoms with Crippen molar-refractivity contribution < 1.29 is 4.74 Å². The molecule has 1 unspecified atom stereocenters. The predicted octanol–water partition coefficient (Wildman–Crippen LogP) is 2.91. The molecule has 1 fully saturated rings. The van der Waals surface area contributed by atoms with E-state index in [4.69, 9.17) is 4.74 Å². The van der Waals surface area contributed by atoms with Crippen LogP contribution in [0.5, 0.6) is 5.75 Å². The van der Waals surface area contributed by atoms with E-state index in [9.17, 15) is 0 Å². The zero-order valence-corrected chi connectivity index (χ0v) is 14.2. The highest BCUT2D eigenvalue weighted by Gasteiger charge is 2.23. The molecule has 1 aromatic carbocycles. The summed E-state index contributed by atoms with van der Waals surface area (Å²) in [5.41, 5.74) is 1.37. The van der Waals surface area contributed by atoms with Crippen molar-refractivity contribution in [2.45, 2.75) is 12.8 Å². The van der Waals surface area contributed by atoms with Crippen molar-refractivity contribution in [3.05, 3.63) is 41.4 Å². The van der Waals surface area contributed by atoms with E-state index >= 15 is 0 Å². The van der Waals surface area contributed by atoms with E-state index in [0.29, 0.717) is 5.92 Å². The summed E-state index contributed by atoms with van der Waals surface area (Å²) in [7, 11) is 0. The summed E-state index contributed by atoms with van der Waals surface area (Å²) in [6.07, 6.45) is 4.19. The van der Waals surface area contributed by atoms with E-state index in [1.165, 1.54) is 17.2 Å². The molecule has 23 heavy (non-hydrogen) atoms. The first kappa shape index (κ1) is 15.0. The minimum absolute atomic E-state index is 0.699. The first-order chi connectivity index (χ1) is 11.4. The number of benzene rings is 1. The SMILES string of the molecule is c1ccc2c(c1)CC(CN1CCN(c3nccs3)CC1)CCO2. The van der Waals surface area contributed by atoms with Gasteiger partial charge in [0.2, 0.25) is 0 Å². The molecule has 4 nitrogen and oxygen atoms in total. The van der Waals surface area contributed by atoms with E-state index < -0.39 is 0 Å². The van der Waals surface area contributed by atoms with Crippen LogP contribution in [0.1, 0.15) is 12.0 Å². The zero-order chi connectivity index (χ0) is 15.5. The molecular formula is C18H23N3OS. The van der Waals surface area contributed by atoms with Crippen molar-refractivity contribution in [1.82, 2.24) is 9.88 Å². The van der Waals surface area contributed by atoms with Crippen LogP contribution in [0.2, 0.25) is 0 Å². The minimum atomic E-state index is 0.699. The number of rotatable bonds is 3. The number of fused-ring (bicyclic) bond motifs is 1. The lowest BCUT2D eigenvalue weighted by Gasteiger charge is -2.36. The van der Waals surface area contributed by atoms with Gasteiger partial charge in [-0.1, -0.05) is 18.2 Å². The molecule has 4 rings (SSSR count). The Kier molecular flexibility index (Phi) is 4.48. The lowest BCUT2D eigenvalue weighted by atomic mass is 9.96. The summed E-state index contributed by atoms with van der Waals surface area (Å²) in [6, 6.07) is 8.51. The fraction of sp³-hybridized carbons (Fsp3) is 0.500. The number of ether oxygens (including phenoxy) is 1. The zero-order valence-electron chi connectivity index (χ0n) is 13.4. The number of hydrogen-bond acceptors (Lipinski definition) is 5. The Bertz CT molecular complexity index is 623. The maximum absolute atomic E-state index is 5.90. The van der Waals surface area contributed by atoms with Gasteiger partial charge in [0.05, 0.1) is 6.61 Å². The summed E-state index contributed by atoms with van der Waals surface area (Å²) in [5.74, 6) is 1.79. The first-order valence-electron chi connectivity index (χ1n) is 8.46. The molecule has 3 heterocycles. The Balaban J connectivity index is 1.33. The van der Waals surface area contributed by atoms with Crippen molar-refractivity contribution in [3.63, 3.8) is 0 Å². The summed E-state index contributed by atoms with van der Waals surface area (Å²) in [6.45, 7) is 6.49. The van der Waals surface area contributed by atoms with Crippen LogP contribution in [-0.2, 0) is 6.42 Å². The molecule has 0 aliphatic carbocycles. The Hall–Kier alpha value is -1.59. The molecule has 5 heteroatoms.